The van der Waals surface area contributed by atoms with Crippen LogP contribution in [0.15, 0.2) is 30.5 Å². The van der Waals surface area contributed by atoms with Gasteiger partial charge in [-0.25, -0.2) is 4.79 Å². The van der Waals surface area contributed by atoms with Crippen LogP contribution in [-0.2, 0) is 6.18 Å². The van der Waals surface area contributed by atoms with Crippen LogP contribution in [-0.4, -0.2) is 23.2 Å². The summed E-state index contributed by atoms with van der Waals surface area (Å²) in [6.45, 7) is 0. The van der Waals surface area contributed by atoms with Crippen molar-refractivity contribution in [2.24, 2.45) is 0 Å². The minimum atomic E-state index is -4.51. The number of hydrogen-bond donors (Lipinski definition) is 1. The van der Waals surface area contributed by atoms with Gasteiger partial charge in [0.15, 0.2) is 0 Å². The van der Waals surface area contributed by atoms with Gasteiger partial charge in [0.25, 0.3) is 0 Å². The molecular formula is C12H9F3N2O2. The Bertz CT molecular complexity index is 640. The Morgan fingerprint density at radius 2 is 2.00 bits per heavy atom. The molecule has 19 heavy (non-hydrogen) atoms. The minimum Gasteiger partial charge on any atom is -0.465 e. The van der Waals surface area contributed by atoms with Crippen LogP contribution in [0.5, 0.6) is 0 Å². The van der Waals surface area contributed by atoms with Gasteiger partial charge in [-0.1, -0.05) is 6.07 Å². The van der Waals surface area contributed by atoms with E-state index in [1.54, 1.807) is 0 Å². The molecule has 2 aromatic rings. The molecule has 4 nitrogen and oxygen atoms in total. The van der Waals surface area contributed by atoms with Crippen molar-refractivity contribution < 1.29 is 23.1 Å². The minimum absolute atomic E-state index is 0.00206. The topological polar surface area (TPSA) is 53.4 Å². The standard InChI is InChI=1S/C12H9F3N2O2/c1-17(11(18)19)9-5-4-8(12(13,14)15)7-3-2-6-16-10(7)9/h2-6H,1H3,(H,18,19). The number of carbonyl (C=O) groups is 1. The monoisotopic (exact) mass is 270 g/mol. The number of benzene rings is 1. The number of pyridine rings is 1. The van der Waals surface area contributed by atoms with Crippen LogP contribution in [0.2, 0.25) is 0 Å². The third-order valence-electron chi connectivity index (χ3n) is 2.70. The van der Waals surface area contributed by atoms with Crippen LogP contribution < -0.4 is 4.90 Å². The zero-order chi connectivity index (χ0) is 14.2. The number of carboxylic acid groups (broad SMARTS) is 1. The van der Waals surface area contributed by atoms with E-state index in [9.17, 15) is 18.0 Å². The first-order valence-corrected chi connectivity index (χ1v) is 5.24. The summed E-state index contributed by atoms with van der Waals surface area (Å²) in [5.74, 6) is 0. The van der Waals surface area contributed by atoms with Crippen molar-refractivity contribution in [2.75, 3.05) is 11.9 Å². The number of nitrogens with zero attached hydrogens (tertiary/aromatic N) is 2. The second-order valence-corrected chi connectivity index (χ2v) is 3.87. The summed E-state index contributed by atoms with van der Waals surface area (Å²) in [5.41, 5.74) is -0.725. The molecule has 0 saturated carbocycles. The lowest BCUT2D eigenvalue weighted by Gasteiger charge is -2.17. The molecule has 0 saturated heterocycles. The summed E-state index contributed by atoms with van der Waals surface area (Å²) in [7, 11) is 1.25. The summed E-state index contributed by atoms with van der Waals surface area (Å²) in [5, 5.41) is 8.78. The number of halogens is 3. The zero-order valence-corrected chi connectivity index (χ0v) is 9.77. The van der Waals surface area contributed by atoms with E-state index in [0.717, 1.165) is 17.0 Å². The van der Waals surface area contributed by atoms with E-state index >= 15 is 0 Å². The van der Waals surface area contributed by atoms with Gasteiger partial charge < -0.3 is 5.11 Å². The van der Waals surface area contributed by atoms with Crippen molar-refractivity contribution in [3.63, 3.8) is 0 Å². The second-order valence-electron chi connectivity index (χ2n) is 3.87. The van der Waals surface area contributed by atoms with E-state index in [2.05, 4.69) is 4.98 Å². The molecule has 0 aliphatic heterocycles. The van der Waals surface area contributed by atoms with Gasteiger partial charge in [0.2, 0.25) is 0 Å². The zero-order valence-electron chi connectivity index (χ0n) is 9.77. The number of alkyl halides is 3. The van der Waals surface area contributed by atoms with Gasteiger partial charge in [-0.2, -0.15) is 13.2 Å². The maximum absolute atomic E-state index is 12.9. The molecule has 1 N–H and O–H groups in total. The van der Waals surface area contributed by atoms with E-state index in [1.165, 1.54) is 25.4 Å². The van der Waals surface area contributed by atoms with Crippen LogP contribution >= 0.6 is 0 Å². The molecule has 0 fully saturated rings. The molecule has 1 aromatic carbocycles. The first-order chi connectivity index (χ1) is 8.82. The Balaban J connectivity index is 2.76. The highest BCUT2D eigenvalue weighted by Gasteiger charge is 2.33. The largest absolute Gasteiger partial charge is 0.465 e. The van der Waals surface area contributed by atoms with Crippen LogP contribution in [0.4, 0.5) is 23.7 Å². The highest BCUT2D eigenvalue weighted by molar-refractivity contribution is 5.99. The fraction of sp³-hybridized carbons (Fsp3) is 0.167. The van der Waals surface area contributed by atoms with Crippen molar-refractivity contribution in [3.05, 3.63) is 36.0 Å². The molecule has 0 radical (unpaired) electrons. The van der Waals surface area contributed by atoms with Crippen molar-refractivity contribution in [3.8, 4) is 0 Å². The predicted octanol–water partition coefficient (Wildman–Crippen LogP) is 3.37. The number of rotatable bonds is 1. The van der Waals surface area contributed by atoms with Crippen molar-refractivity contribution in [1.82, 2.24) is 4.98 Å². The van der Waals surface area contributed by atoms with Gasteiger partial charge >= 0.3 is 12.3 Å². The second kappa shape index (κ2) is 4.42. The molecule has 1 amide bonds. The number of hydrogen-bond acceptors (Lipinski definition) is 2. The maximum atomic E-state index is 12.9. The van der Waals surface area contributed by atoms with Gasteiger partial charge in [-0.05, 0) is 18.2 Å². The summed E-state index contributed by atoms with van der Waals surface area (Å²) in [6.07, 6.45) is -4.46. The summed E-state index contributed by atoms with van der Waals surface area (Å²) in [4.78, 5) is 15.6. The normalized spacial score (nSPS) is 11.6. The van der Waals surface area contributed by atoms with Gasteiger partial charge in [0.1, 0.15) is 0 Å². The van der Waals surface area contributed by atoms with Crippen molar-refractivity contribution in [2.45, 2.75) is 6.18 Å². The fourth-order valence-electron chi connectivity index (χ4n) is 1.78. The average molecular weight is 270 g/mol. The molecule has 2 rings (SSSR count). The molecule has 1 aromatic heterocycles. The van der Waals surface area contributed by atoms with Crippen molar-refractivity contribution in [1.29, 1.82) is 0 Å². The molecule has 0 aliphatic rings. The first-order valence-electron chi connectivity index (χ1n) is 5.24. The molecule has 0 atom stereocenters. The van der Waals surface area contributed by atoms with E-state index < -0.39 is 17.8 Å². The lowest BCUT2D eigenvalue weighted by atomic mass is 10.1. The lowest BCUT2D eigenvalue weighted by molar-refractivity contribution is -0.136. The van der Waals surface area contributed by atoms with E-state index in [-0.39, 0.29) is 16.6 Å². The fourth-order valence-corrected chi connectivity index (χ4v) is 1.78. The van der Waals surface area contributed by atoms with E-state index in [1.807, 2.05) is 0 Å². The third kappa shape index (κ3) is 2.31. The Hall–Kier alpha value is -2.31. The van der Waals surface area contributed by atoms with Gasteiger partial charge in [-0.3, -0.25) is 9.88 Å². The highest BCUT2D eigenvalue weighted by Crippen LogP contribution is 2.37. The van der Waals surface area contributed by atoms with E-state index in [0.29, 0.717) is 0 Å². The molecule has 0 bridgehead atoms. The Kier molecular flexibility index (Phi) is 3.05. The molecular weight excluding hydrogens is 261 g/mol. The Morgan fingerprint density at radius 1 is 1.32 bits per heavy atom. The lowest BCUT2D eigenvalue weighted by Crippen LogP contribution is -2.24. The molecule has 1 heterocycles. The Morgan fingerprint density at radius 3 is 2.58 bits per heavy atom. The number of amides is 1. The first kappa shape index (κ1) is 13.1. The summed E-state index contributed by atoms with van der Waals surface area (Å²) in [6, 6.07) is 4.61. The van der Waals surface area contributed by atoms with Gasteiger partial charge in [-0.15, -0.1) is 0 Å². The van der Waals surface area contributed by atoms with Crippen LogP contribution in [0.1, 0.15) is 5.56 Å². The third-order valence-corrected chi connectivity index (χ3v) is 2.70. The highest BCUT2D eigenvalue weighted by atomic mass is 19.4. The molecule has 100 valence electrons. The maximum Gasteiger partial charge on any atom is 0.417 e. The number of aromatic nitrogens is 1. The molecule has 0 unspecified atom stereocenters. The average Bonchev–Trinajstić information content (AvgIpc) is 2.35. The summed E-state index contributed by atoms with van der Waals surface area (Å²) >= 11 is 0. The van der Waals surface area contributed by atoms with Gasteiger partial charge in [0, 0.05) is 18.6 Å². The predicted molar refractivity (Wildman–Crippen MR) is 63.2 cm³/mol. The molecule has 0 spiro atoms. The number of anilines is 1. The van der Waals surface area contributed by atoms with Gasteiger partial charge in [0.05, 0.1) is 16.8 Å². The van der Waals surface area contributed by atoms with Crippen molar-refractivity contribution >= 4 is 22.7 Å². The van der Waals surface area contributed by atoms with Crippen LogP contribution in [0, 0.1) is 0 Å². The molecule has 0 aliphatic carbocycles. The van der Waals surface area contributed by atoms with Crippen LogP contribution in [0.25, 0.3) is 10.9 Å². The Labute approximate surface area is 106 Å². The van der Waals surface area contributed by atoms with Crippen LogP contribution in [0.3, 0.4) is 0 Å². The quantitative estimate of drug-likeness (QED) is 0.864. The smallest absolute Gasteiger partial charge is 0.417 e. The SMILES string of the molecule is CN(C(=O)O)c1ccc(C(F)(F)F)c2cccnc12. The summed E-state index contributed by atoms with van der Waals surface area (Å²) < 4.78 is 38.6. The van der Waals surface area contributed by atoms with E-state index in [4.69, 9.17) is 5.11 Å². The number of fused-ring (bicyclic) bond motifs is 1. The molecule has 7 heteroatoms.